The van der Waals surface area contributed by atoms with Crippen LogP contribution in [0.1, 0.15) is 37.0 Å². The maximum absolute atomic E-state index is 12.4. The summed E-state index contributed by atoms with van der Waals surface area (Å²) in [5.74, 6) is 1.71. The molecule has 2 rings (SSSR count). The van der Waals surface area contributed by atoms with Crippen LogP contribution in [0, 0.1) is 19.8 Å². The number of rotatable bonds is 6. The van der Waals surface area contributed by atoms with Gasteiger partial charge in [0.25, 0.3) is 0 Å². The summed E-state index contributed by atoms with van der Waals surface area (Å²) in [7, 11) is 0. The Labute approximate surface area is 140 Å². The highest BCUT2D eigenvalue weighted by molar-refractivity contribution is 5.76. The molecule has 1 amide bonds. The first-order chi connectivity index (χ1) is 11.0. The van der Waals surface area contributed by atoms with Crippen molar-refractivity contribution in [1.29, 1.82) is 0 Å². The molecule has 4 nitrogen and oxygen atoms in total. The van der Waals surface area contributed by atoms with Crippen molar-refractivity contribution in [2.24, 2.45) is 5.92 Å². The second kappa shape index (κ2) is 8.34. The molecule has 1 saturated heterocycles. The molecule has 128 valence electrons. The lowest BCUT2D eigenvalue weighted by atomic mass is 10.0. The third kappa shape index (κ3) is 5.24. The van der Waals surface area contributed by atoms with Crippen molar-refractivity contribution in [2.45, 2.75) is 40.5 Å². The van der Waals surface area contributed by atoms with Crippen molar-refractivity contribution in [1.82, 2.24) is 10.2 Å². The number of benzene rings is 1. The highest BCUT2D eigenvalue weighted by Gasteiger charge is 2.17. The topological polar surface area (TPSA) is 41.6 Å². The number of hydrogen-bond acceptors (Lipinski definition) is 3. The van der Waals surface area contributed by atoms with E-state index in [1.54, 1.807) is 0 Å². The van der Waals surface area contributed by atoms with Crippen LogP contribution in [0.15, 0.2) is 12.1 Å². The van der Waals surface area contributed by atoms with Crippen LogP contribution < -0.4 is 10.1 Å². The van der Waals surface area contributed by atoms with Crippen LogP contribution >= 0.6 is 0 Å². The highest BCUT2D eigenvalue weighted by atomic mass is 16.5. The number of nitrogens with one attached hydrogen (secondary N) is 1. The minimum absolute atomic E-state index is 0.250. The van der Waals surface area contributed by atoms with E-state index in [-0.39, 0.29) is 5.91 Å². The first kappa shape index (κ1) is 17.8. The molecule has 1 N–H and O–H groups in total. The molecule has 1 aliphatic rings. The molecule has 0 atom stereocenters. The quantitative estimate of drug-likeness (QED) is 0.877. The van der Waals surface area contributed by atoms with Crippen molar-refractivity contribution in [3.8, 4) is 5.75 Å². The zero-order valence-electron chi connectivity index (χ0n) is 14.9. The van der Waals surface area contributed by atoms with E-state index in [1.165, 1.54) is 5.56 Å². The van der Waals surface area contributed by atoms with Gasteiger partial charge in [-0.1, -0.05) is 31.5 Å². The Morgan fingerprint density at radius 3 is 2.61 bits per heavy atom. The standard InChI is InChI=1S/C19H30N2O2/c1-14(2)13-23-19-16(4)11-15(3)12-17(19)5-6-18(22)21-9-7-20-8-10-21/h11-12,14,20H,5-10,13H2,1-4H3. The van der Waals surface area contributed by atoms with Gasteiger partial charge in [-0.15, -0.1) is 0 Å². The fourth-order valence-electron chi connectivity index (χ4n) is 3.00. The number of ether oxygens (including phenoxy) is 1. The van der Waals surface area contributed by atoms with Gasteiger partial charge >= 0.3 is 0 Å². The average Bonchev–Trinajstić information content (AvgIpc) is 2.52. The van der Waals surface area contributed by atoms with Gasteiger partial charge in [0.1, 0.15) is 5.75 Å². The smallest absolute Gasteiger partial charge is 0.222 e. The minimum atomic E-state index is 0.250. The molecule has 1 aromatic carbocycles. The molecule has 0 bridgehead atoms. The predicted molar refractivity (Wildman–Crippen MR) is 94.0 cm³/mol. The lowest BCUT2D eigenvalue weighted by Gasteiger charge is -2.27. The Hall–Kier alpha value is -1.55. The Morgan fingerprint density at radius 1 is 1.26 bits per heavy atom. The van der Waals surface area contributed by atoms with Crippen LogP contribution in [0.25, 0.3) is 0 Å². The molecule has 1 aromatic rings. The molecule has 0 unspecified atom stereocenters. The van der Waals surface area contributed by atoms with Crippen LogP contribution in [0.2, 0.25) is 0 Å². The van der Waals surface area contributed by atoms with Crippen molar-refractivity contribution in [3.63, 3.8) is 0 Å². The number of amides is 1. The van der Waals surface area contributed by atoms with Crippen LogP contribution in [-0.2, 0) is 11.2 Å². The van der Waals surface area contributed by atoms with Gasteiger partial charge in [0.05, 0.1) is 6.61 Å². The average molecular weight is 318 g/mol. The molecule has 4 heteroatoms. The van der Waals surface area contributed by atoms with Crippen LogP contribution in [0.3, 0.4) is 0 Å². The number of hydrogen-bond donors (Lipinski definition) is 1. The summed E-state index contributed by atoms with van der Waals surface area (Å²) in [6.07, 6.45) is 1.31. The fraction of sp³-hybridized carbons (Fsp3) is 0.632. The molecule has 0 saturated carbocycles. The lowest BCUT2D eigenvalue weighted by molar-refractivity contribution is -0.131. The monoisotopic (exact) mass is 318 g/mol. The van der Waals surface area contributed by atoms with Crippen LogP contribution in [0.4, 0.5) is 0 Å². The fourth-order valence-corrected chi connectivity index (χ4v) is 3.00. The predicted octanol–water partition coefficient (Wildman–Crippen LogP) is 2.70. The molecule has 0 radical (unpaired) electrons. The van der Waals surface area contributed by atoms with Crippen molar-refractivity contribution in [3.05, 3.63) is 28.8 Å². The van der Waals surface area contributed by atoms with Gasteiger partial charge < -0.3 is 15.0 Å². The second-order valence-corrected chi connectivity index (χ2v) is 6.91. The van der Waals surface area contributed by atoms with E-state index in [0.717, 1.165) is 49.5 Å². The summed E-state index contributed by atoms with van der Waals surface area (Å²) in [4.78, 5) is 14.3. The minimum Gasteiger partial charge on any atom is -0.493 e. The summed E-state index contributed by atoms with van der Waals surface area (Å²) < 4.78 is 6.03. The number of piperazine rings is 1. The summed E-state index contributed by atoms with van der Waals surface area (Å²) in [5, 5.41) is 3.28. The molecule has 1 aliphatic heterocycles. The zero-order chi connectivity index (χ0) is 16.8. The highest BCUT2D eigenvalue weighted by Crippen LogP contribution is 2.27. The lowest BCUT2D eigenvalue weighted by Crippen LogP contribution is -2.46. The van der Waals surface area contributed by atoms with Gasteiger partial charge in [0, 0.05) is 32.6 Å². The molecular weight excluding hydrogens is 288 g/mol. The van der Waals surface area contributed by atoms with Crippen LogP contribution in [0.5, 0.6) is 5.75 Å². The second-order valence-electron chi connectivity index (χ2n) is 6.91. The molecule has 0 aliphatic carbocycles. The molecule has 1 heterocycles. The van der Waals surface area contributed by atoms with Gasteiger partial charge in [-0.2, -0.15) is 0 Å². The maximum Gasteiger partial charge on any atom is 0.222 e. The van der Waals surface area contributed by atoms with Gasteiger partial charge in [-0.25, -0.2) is 0 Å². The normalized spacial score (nSPS) is 15.1. The molecule has 0 aromatic heterocycles. The van der Waals surface area contributed by atoms with Gasteiger partial charge in [-0.05, 0) is 37.3 Å². The summed E-state index contributed by atoms with van der Waals surface area (Å²) in [6, 6.07) is 4.31. The van der Waals surface area contributed by atoms with E-state index >= 15 is 0 Å². The number of nitrogens with zero attached hydrogens (tertiary/aromatic N) is 1. The van der Waals surface area contributed by atoms with E-state index in [1.807, 2.05) is 4.90 Å². The third-order valence-electron chi connectivity index (χ3n) is 4.13. The van der Waals surface area contributed by atoms with E-state index in [0.29, 0.717) is 18.9 Å². The van der Waals surface area contributed by atoms with E-state index < -0.39 is 0 Å². The molecule has 1 fully saturated rings. The van der Waals surface area contributed by atoms with Gasteiger partial charge in [0.2, 0.25) is 5.91 Å². The number of carbonyl (C=O) groups excluding carboxylic acids is 1. The first-order valence-electron chi connectivity index (χ1n) is 8.68. The Morgan fingerprint density at radius 2 is 1.96 bits per heavy atom. The SMILES string of the molecule is Cc1cc(C)c(OCC(C)C)c(CCC(=O)N2CCNCC2)c1. The van der Waals surface area contributed by atoms with Crippen LogP contribution in [-0.4, -0.2) is 43.6 Å². The van der Waals surface area contributed by atoms with Crippen molar-refractivity contribution >= 4 is 5.91 Å². The first-order valence-corrected chi connectivity index (χ1v) is 8.68. The van der Waals surface area contributed by atoms with E-state index in [2.05, 4.69) is 45.1 Å². The molecule has 0 spiro atoms. The number of aryl methyl sites for hydroxylation is 3. The maximum atomic E-state index is 12.4. The summed E-state index contributed by atoms with van der Waals surface area (Å²) in [5.41, 5.74) is 3.55. The number of carbonyl (C=O) groups is 1. The zero-order valence-corrected chi connectivity index (χ0v) is 14.9. The Bertz CT molecular complexity index is 534. The van der Waals surface area contributed by atoms with E-state index in [4.69, 9.17) is 4.74 Å². The van der Waals surface area contributed by atoms with Gasteiger partial charge in [0.15, 0.2) is 0 Å². The van der Waals surface area contributed by atoms with E-state index in [9.17, 15) is 4.79 Å². The molecule has 23 heavy (non-hydrogen) atoms. The van der Waals surface area contributed by atoms with Gasteiger partial charge in [-0.3, -0.25) is 4.79 Å². The molecular formula is C19H30N2O2. The van der Waals surface area contributed by atoms with Crippen molar-refractivity contribution in [2.75, 3.05) is 32.8 Å². The largest absolute Gasteiger partial charge is 0.493 e. The Balaban J connectivity index is 2.03. The Kier molecular flexibility index (Phi) is 6.46. The summed E-state index contributed by atoms with van der Waals surface area (Å²) in [6.45, 7) is 12.6. The van der Waals surface area contributed by atoms with Crippen molar-refractivity contribution < 1.29 is 9.53 Å². The third-order valence-corrected chi connectivity index (χ3v) is 4.13. The summed E-state index contributed by atoms with van der Waals surface area (Å²) >= 11 is 0.